The molecule has 0 fully saturated rings. The predicted molar refractivity (Wildman–Crippen MR) is 90.2 cm³/mol. The number of carbonyl (C=O) groups excluding carboxylic acids is 1. The molecule has 0 aliphatic rings. The first-order valence-corrected chi connectivity index (χ1v) is 7.75. The third-order valence-corrected chi connectivity index (χ3v) is 3.58. The van der Waals surface area contributed by atoms with Gasteiger partial charge in [0.25, 0.3) is 0 Å². The van der Waals surface area contributed by atoms with Gasteiger partial charge in [0.1, 0.15) is 5.82 Å². The summed E-state index contributed by atoms with van der Waals surface area (Å²) < 4.78 is 4.25. The Balaban J connectivity index is 2.03. The number of rotatable bonds is 5. The molecule has 0 unspecified atom stereocenters. The lowest BCUT2D eigenvalue weighted by Gasteiger charge is -2.12. The van der Waals surface area contributed by atoms with Crippen LogP contribution in [0.15, 0.2) is 36.9 Å². The molecule has 3 rings (SSSR count). The number of benzene rings is 1. The molecule has 0 atom stereocenters. The third kappa shape index (κ3) is 3.41. The fraction of sp³-hybridized carbons (Fsp3) is 0.353. The Kier molecular flexibility index (Phi) is 4.14. The van der Waals surface area contributed by atoms with Gasteiger partial charge in [-0.15, -0.1) is 0 Å². The molecule has 0 saturated heterocycles. The molecule has 1 amide bonds. The number of nitrogens with one attached hydrogen (secondary N) is 1. The van der Waals surface area contributed by atoms with Crippen LogP contribution in [0.25, 0.3) is 11.0 Å². The molecule has 0 aliphatic carbocycles. The molecule has 0 saturated carbocycles. The van der Waals surface area contributed by atoms with E-state index in [1.807, 2.05) is 29.0 Å². The molecule has 120 valence electrons. The summed E-state index contributed by atoms with van der Waals surface area (Å²) in [5.41, 5.74) is 2.75. The first-order valence-electron chi connectivity index (χ1n) is 7.75. The SMILES string of the molecule is CC(=O)Nc1ccc2c(c1)nc(Cn1ccnc1)n2CC(C)C. The van der Waals surface area contributed by atoms with Crippen molar-refractivity contribution in [3.8, 4) is 0 Å². The first-order chi connectivity index (χ1) is 11.0. The molecule has 23 heavy (non-hydrogen) atoms. The van der Waals surface area contributed by atoms with Crippen LogP contribution in [-0.4, -0.2) is 25.0 Å². The van der Waals surface area contributed by atoms with Gasteiger partial charge < -0.3 is 14.5 Å². The highest BCUT2D eigenvalue weighted by Gasteiger charge is 2.13. The van der Waals surface area contributed by atoms with Crippen LogP contribution in [0.2, 0.25) is 0 Å². The Hall–Kier alpha value is -2.63. The first kappa shape index (κ1) is 15.3. The van der Waals surface area contributed by atoms with Gasteiger partial charge in [0.05, 0.1) is 23.9 Å². The fourth-order valence-electron chi connectivity index (χ4n) is 2.69. The van der Waals surface area contributed by atoms with E-state index in [4.69, 9.17) is 4.98 Å². The van der Waals surface area contributed by atoms with Gasteiger partial charge in [0.15, 0.2) is 0 Å². The van der Waals surface area contributed by atoms with Gasteiger partial charge in [-0.3, -0.25) is 4.79 Å². The lowest BCUT2D eigenvalue weighted by molar-refractivity contribution is -0.114. The Morgan fingerprint density at radius 2 is 2.17 bits per heavy atom. The quantitative estimate of drug-likeness (QED) is 0.788. The van der Waals surface area contributed by atoms with Crippen molar-refractivity contribution >= 4 is 22.6 Å². The lowest BCUT2D eigenvalue weighted by Crippen LogP contribution is -2.11. The molecule has 2 aromatic heterocycles. The van der Waals surface area contributed by atoms with Gasteiger partial charge in [0, 0.05) is 31.5 Å². The number of hydrogen-bond donors (Lipinski definition) is 1. The minimum absolute atomic E-state index is 0.0791. The Morgan fingerprint density at radius 1 is 1.35 bits per heavy atom. The van der Waals surface area contributed by atoms with Crippen molar-refractivity contribution in [3.05, 3.63) is 42.7 Å². The summed E-state index contributed by atoms with van der Waals surface area (Å²) >= 11 is 0. The molecule has 0 radical (unpaired) electrons. The van der Waals surface area contributed by atoms with E-state index in [9.17, 15) is 4.79 Å². The molecule has 0 spiro atoms. The summed E-state index contributed by atoms with van der Waals surface area (Å²) in [6.07, 6.45) is 5.49. The van der Waals surface area contributed by atoms with E-state index in [1.165, 1.54) is 6.92 Å². The summed E-state index contributed by atoms with van der Waals surface area (Å²) in [6.45, 7) is 7.47. The van der Waals surface area contributed by atoms with Crippen molar-refractivity contribution in [2.24, 2.45) is 5.92 Å². The van der Waals surface area contributed by atoms with Gasteiger partial charge in [-0.05, 0) is 24.1 Å². The van der Waals surface area contributed by atoms with Gasteiger partial charge in [-0.25, -0.2) is 9.97 Å². The summed E-state index contributed by atoms with van der Waals surface area (Å²) in [7, 11) is 0. The van der Waals surface area contributed by atoms with Crippen molar-refractivity contribution in [1.82, 2.24) is 19.1 Å². The number of hydrogen-bond acceptors (Lipinski definition) is 3. The second kappa shape index (κ2) is 6.24. The van der Waals surface area contributed by atoms with Crippen LogP contribution in [-0.2, 0) is 17.9 Å². The van der Waals surface area contributed by atoms with Crippen LogP contribution in [0.4, 0.5) is 5.69 Å². The number of nitrogens with zero attached hydrogens (tertiary/aromatic N) is 4. The zero-order valence-electron chi connectivity index (χ0n) is 13.7. The van der Waals surface area contributed by atoms with Crippen molar-refractivity contribution in [1.29, 1.82) is 0 Å². The van der Waals surface area contributed by atoms with Gasteiger partial charge in [-0.2, -0.15) is 0 Å². The lowest BCUT2D eigenvalue weighted by atomic mass is 10.2. The van der Waals surface area contributed by atoms with Crippen molar-refractivity contribution in [3.63, 3.8) is 0 Å². The summed E-state index contributed by atoms with van der Waals surface area (Å²) in [5, 5.41) is 2.81. The topological polar surface area (TPSA) is 64.7 Å². The molecule has 0 bridgehead atoms. The maximum atomic E-state index is 11.2. The smallest absolute Gasteiger partial charge is 0.221 e. The summed E-state index contributed by atoms with van der Waals surface area (Å²) in [5.74, 6) is 1.43. The number of imidazole rings is 2. The highest BCUT2D eigenvalue weighted by atomic mass is 16.1. The molecule has 6 nitrogen and oxygen atoms in total. The summed E-state index contributed by atoms with van der Waals surface area (Å²) in [4.78, 5) is 20.1. The fourth-order valence-corrected chi connectivity index (χ4v) is 2.69. The highest BCUT2D eigenvalue weighted by Crippen LogP contribution is 2.22. The second-order valence-electron chi connectivity index (χ2n) is 6.15. The van der Waals surface area contributed by atoms with Crippen LogP contribution in [0, 0.1) is 5.92 Å². The molecular weight excluding hydrogens is 290 g/mol. The van der Waals surface area contributed by atoms with Crippen LogP contribution in [0.5, 0.6) is 0 Å². The van der Waals surface area contributed by atoms with Crippen molar-refractivity contribution in [2.45, 2.75) is 33.9 Å². The molecular formula is C17H21N5O. The van der Waals surface area contributed by atoms with E-state index in [0.717, 1.165) is 29.1 Å². The maximum Gasteiger partial charge on any atom is 0.221 e. The van der Waals surface area contributed by atoms with Crippen molar-refractivity contribution < 1.29 is 4.79 Å². The highest BCUT2D eigenvalue weighted by molar-refractivity contribution is 5.91. The average molecular weight is 311 g/mol. The molecule has 0 aliphatic heterocycles. The number of carbonyl (C=O) groups is 1. The maximum absolute atomic E-state index is 11.2. The monoisotopic (exact) mass is 311 g/mol. The van der Waals surface area contributed by atoms with Crippen LogP contribution in [0.1, 0.15) is 26.6 Å². The minimum atomic E-state index is -0.0791. The Bertz CT molecular complexity index is 817. The summed E-state index contributed by atoms with van der Waals surface area (Å²) in [6, 6.07) is 5.86. The number of fused-ring (bicyclic) bond motifs is 1. The molecule has 3 aromatic rings. The van der Waals surface area contributed by atoms with Crippen LogP contribution >= 0.6 is 0 Å². The number of amides is 1. The van der Waals surface area contributed by atoms with E-state index < -0.39 is 0 Å². The molecule has 6 heteroatoms. The zero-order chi connectivity index (χ0) is 16.4. The predicted octanol–water partition coefficient (Wildman–Crippen LogP) is 2.90. The molecule has 2 heterocycles. The van der Waals surface area contributed by atoms with Crippen molar-refractivity contribution in [2.75, 3.05) is 5.32 Å². The Morgan fingerprint density at radius 3 is 2.83 bits per heavy atom. The van der Waals surface area contributed by atoms with Gasteiger partial charge in [-0.1, -0.05) is 13.8 Å². The largest absolute Gasteiger partial charge is 0.330 e. The van der Waals surface area contributed by atoms with Gasteiger partial charge >= 0.3 is 0 Å². The van der Waals surface area contributed by atoms with E-state index in [2.05, 4.69) is 28.7 Å². The third-order valence-electron chi connectivity index (χ3n) is 3.58. The van der Waals surface area contributed by atoms with Gasteiger partial charge in [0.2, 0.25) is 5.91 Å². The minimum Gasteiger partial charge on any atom is -0.330 e. The Labute approximate surface area is 135 Å². The zero-order valence-corrected chi connectivity index (χ0v) is 13.7. The van der Waals surface area contributed by atoms with Crippen LogP contribution < -0.4 is 5.32 Å². The standard InChI is InChI=1S/C17H21N5O/c1-12(2)9-22-16-5-4-14(19-13(3)23)8-15(16)20-17(22)10-21-7-6-18-11-21/h4-8,11-12H,9-10H2,1-3H3,(H,19,23). The second-order valence-corrected chi connectivity index (χ2v) is 6.15. The van der Waals surface area contributed by atoms with E-state index in [1.54, 1.807) is 12.5 Å². The van der Waals surface area contributed by atoms with Crippen LogP contribution in [0.3, 0.4) is 0 Å². The molecule has 1 N–H and O–H groups in total. The normalized spacial score (nSPS) is 11.3. The van der Waals surface area contributed by atoms with E-state index in [-0.39, 0.29) is 5.91 Å². The number of aromatic nitrogens is 4. The average Bonchev–Trinajstić information content (AvgIpc) is 3.07. The molecule has 1 aromatic carbocycles. The van der Waals surface area contributed by atoms with E-state index in [0.29, 0.717) is 12.5 Å². The number of anilines is 1. The van der Waals surface area contributed by atoms with E-state index >= 15 is 0 Å².